The Hall–Kier alpha value is -3.93. The lowest BCUT2D eigenvalue weighted by Crippen LogP contribution is -2.29. The SMILES string of the molecule is Cc1nc(COc2ccccc2C(=O)NCCNc2ncccc2C#N)no1. The Morgan fingerprint density at radius 2 is 2.11 bits per heavy atom. The minimum atomic E-state index is -0.275. The number of carbonyl (C=O) groups excluding carboxylic acids is 1. The molecule has 142 valence electrons. The maximum atomic E-state index is 12.5. The molecule has 0 radical (unpaired) electrons. The van der Waals surface area contributed by atoms with E-state index in [1.54, 1.807) is 49.5 Å². The topological polar surface area (TPSA) is 126 Å². The fraction of sp³-hybridized carbons (Fsp3) is 0.211. The van der Waals surface area contributed by atoms with Crippen LogP contribution in [0, 0.1) is 18.3 Å². The minimum absolute atomic E-state index is 0.0970. The summed E-state index contributed by atoms with van der Waals surface area (Å²) in [6.07, 6.45) is 1.60. The van der Waals surface area contributed by atoms with Crippen LogP contribution >= 0.6 is 0 Å². The second-order valence-corrected chi connectivity index (χ2v) is 5.71. The molecule has 0 aliphatic heterocycles. The highest BCUT2D eigenvalue weighted by Gasteiger charge is 2.13. The van der Waals surface area contributed by atoms with E-state index >= 15 is 0 Å². The number of nitriles is 1. The zero-order chi connectivity index (χ0) is 19.8. The van der Waals surface area contributed by atoms with Crippen molar-refractivity contribution in [3.63, 3.8) is 0 Å². The highest BCUT2D eigenvalue weighted by Crippen LogP contribution is 2.19. The summed E-state index contributed by atoms with van der Waals surface area (Å²) in [4.78, 5) is 20.6. The number of ether oxygens (including phenoxy) is 1. The average Bonchev–Trinajstić information content (AvgIpc) is 3.15. The van der Waals surface area contributed by atoms with Gasteiger partial charge in [-0.2, -0.15) is 10.2 Å². The van der Waals surface area contributed by atoms with Crippen molar-refractivity contribution in [2.45, 2.75) is 13.5 Å². The molecule has 1 amide bonds. The fourth-order valence-corrected chi connectivity index (χ4v) is 2.41. The number of aromatic nitrogens is 3. The van der Waals surface area contributed by atoms with E-state index in [1.807, 2.05) is 0 Å². The van der Waals surface area contributed by atoms with Gasteiger partial charge in [-0.05, 0) is 24.3 Å². The van der Waals surface area contributed by atoms with E-state index in [9.17, 15) is 4.79 Å². The van der Waals surface area contributed by atoms with Crippen molar-refractivity contribution in [1.82, 2.24) is 20.4 Å². The van der Waals surface area contributed by atoms with Crippen molar-refractivity contribution < 1.29 is 14.1 Å². The highest BCUT2D eigenvalue weighted by molar-refractivity contribution is 5.96. The van der Waals surface area contributed by atoms with E-state index in [0.29, 0.717) is 47.5 Å². The lowest BCUT2D eigenvalue weighted by atomic mass is 10.2. The van der Waals surface area contributed by atoms with Gasteiger partial charge in [0.1, 0.15) is 17.6 Å². The molecule has 0 fully saturated rings. The number of hydrogen-bond acceptors (Lipinski definition) is 8. The molecule has 2 heterocycles. The first-order chi connectivity index (χ1) is 13.7. The van der Waals surface area contributed by atoms with Gasteiger partial charge in [0.05, 0.1) is 11.1 Å². The number of nitrogens with zero attached hydrogens (tertiary/aromatic N) is 4. The Morgan fingerprint density at radius 1 is 1.25 bits per heavy atom. The molecule has 28 heavy (non-hydrogen) atoms. The number of pyridine rings is 1. The van der Waals surface area contributed by atoms with Crippen LogP contribution in [0.3, 0.4) is 0 Å². The summed E-state index contributed by atoms with van der Waals surface area (Å²) in [5.41, 5.74) is 0.850. The minimum Gasteiger partial charge on any atom is -0.485 e. The van der Waals surface area contributed by atoms with Crippen molar-refractivity contribution in [3.05, 3.63) is 65.4 Å². The van der Waals surface area contributed by atoms with Crippen LogP contribution < -0.4 is 15.4 Å². The van der Waals surface area contributed by atoms with Crippen molar-refractivity contribution in [2.75, 3.05) is 18.4 Å². The van der Waals surface area contributed by atoms with Crippen LogP contribution in [0.4, 0.5) is 5.82 Å². The molecule has 0 spiro atoms. The molecule has 9 heteroatoms. The Morgan fingerprint density at radius 3 is 2.89 bits per heavy atom. The third-order valence-electron chi connectivity index (χ3n) is 3.69. The molecule has 0 aliphatic rings. The summed E-state index contributed by atoms with van der Waals surface area (Å²) >= 11 is 0. The first kappa shape index (κ1) is 18.8. The summed E-state index contributed by atoms with van der Waals surface area (Å²) in [6.45, 7) is 2.55. The molecule has 0 atom stereocenters. The number of anilines is 1. The third kappa shape index (κ3) is 4.82. The number of carbonyl (C=O) groups is 1. The molecule has 0 aliphatic carbocycles. The molecule has 3 aromatic rings. The first-order valence-corrected chi connectivity index (χ1v) is 8.55. The standard InChI is InChI=1S/C19H18N6O3/c1-13-24-17(25-28-13)12-27-16-7-3-2-6-15(16)19(26)23-10-9-22-18-14(11-20)5-4-8-21-18/h2-8H,9-10,12H2,1H3,(H,21,22)(H,23,26). The fourth-order valence-electron chi connectivity index (χ4n) is 2.41. The van der Waals surface area contributed by atoms with E-state index in [2.05, 4.69) is 31.8 Å². The number of aryl methyl sites for hydroxylation is 1. The summed E-state index contributed by atoms with van der Waals surface area (Å²) in [5, 5.41) is 18.6. The van der Waals surface area contributed by atoms with Crippen molar-refractivity contribution >= 4 is 11.7 Å². The molecule has 3 rings (SSSR count). The Kier molecular flexibility index (Phi) is 6.15. The third-order valence-corrected chi connectivity index (χ3v) is 3.69. The average molecular weight is 378 g/mol. The second kappa shape index (κ2) is 9.14. The van der Waals surface area contributed by atoms with Gasteiger partial charge in [0.25, 0.3) is 5.91 Å². The van der Waals surface area contributed by atoms with Crippen LogP contribution in [0.1, 0.15) is 27.6 Å². The summed E-state index contributed by atoms with van der Waals surface area (Å²) in [7, 11) is 0. The van der Waals surface area contributed by atoms with Gasteiger partial charge in [-0.25, -0.2) is 4.98 Å². The van der Waals surface area contributed by atoms with Gasteiger partial charge in [-0.15, -0.1) is 0 Å². The van der Waals surface area contributed by atoms with Gasteiger partial charge in [0.15, 0.2) is 6.61 Å². The van der Waals surface area contributed by atoms with E-state index < -0.39 is 0 Å². The zero-order valence-electron chi connectivity index (χ0n) is 15.2. The molecule has 2 N–H and O–H groups in total. The number of rotatable bonds is 8. The quantitative estimate of drug-likeness (QED) is 0.571. The van der Waals surface area contributed by atoms with E-state index in [1.165, 1.54) is 0 Å². The molecular weight excluding hydrogens is 360 g/mol. The van der Waals surface area contributed by atoms with Gasteiger partial charge in [0, 0.05) is 26.2 Å². The monoisotopic (exact) mass is 378 g/mol. The zero-order valence-corrected chi connectivity index (χ0v) is 15.2. The first-order valence-electron chi connectivity index (χ1n) is 8.55. The lowest BCUT2D eigenvalue weighted by Gasteiger charge is -2.11. The Balaban J connectivity index is 1.53. The lowest BCUT2D eigenvalue weighted by molar-refractivity contribution is 0.0950. The Bertz CT molecular complexity index is 995. The largest absolute Gasteiger partial charge is 0.485 e. The maximum absolute atomic E-state index is 12.5. The smallest absolute Gasteiger partial charge is 0.255 e. The molecule has 9 nitrogen and oxygen atoms in total. The molecule has 0 saturated heterocycles. The molecule has 1 aromatic carbocycles. The van der Waals surface area contributed by atoms with Crippen LogP contribution in [-0.4, -0.2) is 34.1 Å². The number of benzene rings is 1. The number of para-hydroxylation sites is 1. The predicted octanol–water partition coefficient (Wildman–Crippen LogP) is 2.07. The van der Waals surface area contributed by atoms with Gasteiger partial charge in [-0.3, -0.25) is 4.79 Å². The van der Waals surface area contributed by atoms with Gasteiger partial charge in [0.2, 0.25) is 11.7 Å². The van der Waals surface area contributed by atoms with Crippen molar-refractivity contribution in [1.29, 1.82) is 5.26 Å². The van der Waals surface area contributed by atoms with Crippen LogP contribution in [0.2, 0.25) is 0 Å². The highest BCUT2D eigenvalue weighted by atomic mass is 16.5. The van der Waals surface area contributed by atoms with Gasteiger partial charge >= 0.3 is 0 Å². The van der Waals surface area contributed by atoms with Gasteiger partial charge < -0.3 is 19.9 Å². The van der Waals surface area contributed by atoms with E-state index in [0.717, 1.165) is 0 Å². The summed E-state index contributed by atoms with van der Waals surface area (Å²) in [5.74, 6) is 1.48. The van der Waals surface area contributed by atoms with Gasteiger partial charge in [-0.1, -0.05) is 17.3 Å². The number of hydrogen-bond donors (Lipinski definition) is 2. The van der Waals surface area contributed by atoms with Crippen LogP contribution in [-0.2, 0) is 6.61 Å². The summed E-state index contributed by atoms with van der Waals surface area (Å²) in [6, 6.07) is 12.3. The molecule has 2 aromatic heterocycles. The van der Waals surface area contributed by atoms with Crippen LogP contribution in [0.5, 0.6) is 5.75 Å². The molecule has 0 saturated carbocycles. The molecule has 0 bridgehead atoms. The van der Waals surface area contributed by atoms with Crippen molar-refractivity contribution in [3.8, 4) is 11.8 Å². The van der Waals surface area contributed by atoms with Crippen LogP contribution in [0.25, 0.3) is 0 Å². The Labute approximate surface area is 161 Å². The second-order valence-electron chi connectivity index (χ2n) is 5.71. The number of nitrogens with one attached hydrogen (secondary N) is 2. The normalized spacial score (nSPS) is 10.1. The maximum Gasteiger partial charge on any atom is 0.255 e. The number of amides is 1. The van der Waals surface area contributed by atoms with Crippen LogP contribution in [0.15, 0.2) is 47.1 Å². The molecule has 0 unspecified atom stereocenters. The van der Waals surface area contributed by atoms with Crippen molar-refractivity contribution in [2.24, 2.45) is 0 Å². The summed E-state index contributed by atoms with van der Waals surface area (Å²) < 4.78 is 10.6. The molecular formula is C19H18N6O3. The predicted molar refractivity (Wildman–Crippen MR) is 99.6 cm³/mol. The van der Waals surface area contributed by atoms with E-state index in [-0.39, 0.29) is 12.5 Å². The van der Waals surface area contributed by atoms with E-state index in [4.69, 9.17) is 14.5 Å².